The normalized spacial score (nSPS) is 10.8. The Balaban J connectivity index is 2.25. The Kier molecular flexibility index (Phi) is 5.89. The van der Waals surface area contributed by atoms with Gasteiger partial charge in [-0.25, -0.2) is 0 Å². The number of nitrogens with zero attached hydrogens (tertiary/aromatic N) is 3. The van der Waals surface area contributed by atoms with Crippen molar-refractivity contribution in [3.8, 4) is 0 Å². The molecule has 0 aliphatic heterocycles. The van der Waals surface area contributed by atoms with E-state index >= 15 is 0 Å². The van der Waals surface area contributed by atoms with Gasteiger partial charge >= 0.3 is 0 Å². The van der Waals surface area contributed by atoms with Crippen LogP contribution in [0.5, 0.6) is 0 Å². The zero-order valence-electron chi connectivity index (χ0n) is 8.85. The SMILES string of the molecule is CCCCCCSc1nc(N)n(SN)n1. The van der Waals surface area contributed by atoms with Crippen molar-refractivity contribution in [2.75, 3.05) is 11.5 Å². The van der Waals surface area contributed by atoms with E-state index in [0.29, 0.717) is 11.1 Å². The predicted molar refractivity (Wildman–Crippen MR) is 66.5 cm³/mol. The van der Waals surface area contributed by atoms with E-state index in [1.54, 1.807) is 11.8 Å². The van der Waals surface area contributed by atoms with Gasteiger partial charge in [0.05, 0.1) is 12.1 Å². The molecular formula is C8H17N5S2. The van der Waals surface area contributed by atoms with Gasteiger partial charge in [0, 0.05) is 5.75 Å². The molecule has 1 rings (SSSR count). The van der Waals surface area contributed by atoms with Crippen molar-refractivity contribution >= 4 is 29.8 Å². The van der Waals surface area contributed by atoms with E-state index in [0.717, 1.165) is 17.9 Å². The first-order valence-electron chi connectivity index (χ1n) is 5.00. The Morgan fingerprint density at radius 2 is 2.13 bits per heavy atom. The van der Waals surface area contributed by atoms with Gasteiger partial charge in [-0.05, 0) is 6.42 Å². The molecule has 86 valence electrons. The van der Waals surface area contributed by atoms with Crippen LogP contribution in [0.25, 0.3) is 0 Å². The van der Waals surface area contributed by atoms with Crippen LogP contribution in [-0.4, -0.2) is 19.9 Å². The number of rotatable bonds is 7. The van der Waals surface area contributed by atoms with Crippen LogP contribution in [-0.2, 0) is 0 Å². The minimum atomic E-state index is 0.360. The number of nitrogen functional groups attached to an aromatic ring is 1. The summed E-state index contributed by atoms with van der Waals surface area (Å²) >= 11 is 2.60. The highest BCUT2D eigenvalue weighted by molar-refractivity contribution is 7.99. The van der Waals surface area contributed by atoms with Gasteiger partial charge in [-0.1, -0.05) is 37.9 Å². The molecule has 0 fully saturated rings. The van der Waals surface area contributed by atoms with Gasteiger partial charge in [0.2, 0.25) is 11.1 Å². The van der Waals surface area contributed by atoms with Crippen LogP contribution in [0, 0.1) is 0 Å². The fraction of sp³-hybridized carbons (Fsp3) is 0.750. The molecule has 0 saturated heterocycles. The van der Waals surface area contributed by atoms with E-state index in [1.807, 2.05) is 0 Å². The second-order valence-electron chi connectivity index (χ2n) is 3.14. The van der Waals surface area contributed by atoms with Gasteiger partial charge < -0.3 is 5.73 Å². The molecule has 0 radical (unpaired) electrons. The van der Waals surface area contributed by atoms with Gasteiger partial charge in [0.15, 0.2) is 0 Å². The van der Waals surface area contributed by atoms with Crippen LogP contribution >= 0.6 is 23.9 Å². The second kappa shape index (κ2) is 6.97. The molecule has 0 atom stereocenters. The van der Waals surface area contributed by atoms with Crippen LogP contribution in [0.2, 0.25) is 0 Å². The summed E-state index contributed by atoms with van der Waals surface area (Å²) in [5, 5.41) is 10.2. The molecule has 0 aliphatic rings. The molecule has 1 aromatic rings. The van der Waals surface area contributed by atoms with E-state index in [2.05, 4.69) is 17.0 Å². The largest absolute Gasteiger partial charge is 0.367 e. The third-order valence-corrected chi connectivity index (χ3v) is 3.30. The first-order valence-corrected chi connectivity index (χ1v) is 6.82. The molecule has 1 heterocycles. The van der Waals surface area contributed by atoms with Crippen molar-refractivity contribution in [1.82, 2.24) is 14.2 Å². The smallest absolute Gasteiger partial charge is 0.231 e. The summed E-state index contributed by atoms with van der Waals surface area (Å²) in [4.78, 5) is 4.09. The van der Waals surface area contributed by atoms with Crippen molar-refractivity contribution in [3.63, 3.8) is 0 Å². The van der Waals surface area contributed by atoms with Crippen LogP contribution in [0.1, 0.15) is 32.6 Å². The van der Waals surface area contributed by atoms with Crippen LogP contribution < -0.4 is 10.9 Å². The number of nitrogens with two attached hydrogens (primary N) is 2. The minimum absolute atomic E-state index is 0.360. The molecule has 5 nitrogen and oxygen atoms in total. The highest BCUT2D eigenvalue weighted by Gasteiger charge is 2.06. The maximum absolute atomic E-state index is 5.58. The number of aromatic nitrogens is 3. The fourth-order valence-corrected chi connectivity index (χ4v) is 2.28. The summed E-state index contributed by atoms with van der Waals surface area (Å²) in [6, 6.07) is 0. The molecule has 0 saturated carbocycles. The predicted octanol–water partition coefficient (Wildman–Crippen LogP) is 1.90. The fourth-order valence-electron chi connectivity index (χ4n) is 1.12. The van der Waals surface area contributed by atoms with Crippen molar-refractivity contribution in [2.45, 2.75) is 37.8 Å². The Morgan fingerprint density at radius 1 is 1.33 bits per heavy atom. The molecule has 0 aromatic carbocycles. The van der Waals surface area contributed by atoms with Crippen molar-refractivity contribution in [1.29, 1.82) is 0 Å². The summed E-state index contributed by atoms with van der Waals surface area (Å²) in [6.45, 7) is 2.20. The van der Waals surface area contributed by atoms with Crippen molar-refractivity contribution in [3.05, 3.63) is 0 Å². The highest BCUT2D eigenvalue weighted by atomic mass is 32.2. The lowest BCUT2D eigenvalue weighted by Gasteiger charge is -1.96. The quantitative estimate of drug-likeness (QED) is 0.435. The monoisotopic (exact) mass is 247 g/mol. The third kappa shape index (κ3) is 4.31. The van der Waals surface area contributed by atoms with E-state index in [1.165, 1.54) is 29.8 Å². The van der Waals surface area contributed by atoms with Crippen LogP contribution in [0.4, 0.5) is 5.95 Å². The molecule has 4 N–H and O–H groups in total. The van der Waals surface area contributed by atoms with Crippen LogP contribution in [0.15, 0.2) is 5.16 Å². The summed E-state index contributed by atoms with van der Waals surface area (Å²) in [5.41, 5.74) is 5.58. The van der Waals surface area contributed by atoms with E-state index < -0.39 is 0 Å². The number of anilines is 1. The molecule has 0 bridgehead atoms. The zero-order chi connectivity index (χ0) is 11.1. The number of hydrogen-bond donors (Lipinski definition) is 2. The maximum Gasteiger partial charge on any atom is 0.231 e. The Bertz CT molecular complexity index is 289. The first kappa shape index (κ1) is 12.7. The number of thioether (sulfide) groups is 1. The zero-order valence-corrected chi connectivity index (χ0v) is 10.5. The van der Waals surface area contributed by atoms with Crippen molar-refractivity contribution < 1.29 is 0 Å². The van der Waals surface area contributed by atoms with E-state index in [-0.39, 0.29) is 0 Å². The molecule has 0 unspecified atom stereocenters. The molecule has 0 aliphatic carbocycles. The molecule has 1 aromatic heterocycles. The van der Waals surface area contributed by atoms with Gasteiger partial charge in [-0.2, -0.15) is 9.07 Å². The summed E-state index contributed by atoms with van der Waals surface area (Å²) in [5.74, 6) is 1.40. The lowest BCUT2D eigenvalue weighted by Crippen LogP contribution is -2.00. The van der Waals surface area contributed by atoms with Gasteiger partial charge in [0.25, 0.3) is 0 Å². The highest BCUT2D eigenvalue weighted by Crippen LogP contribution is 2.18. The van der Waals surface area contributed by atoms with Crippen LogP contribution in [0.3, 0.4) is 0 Å². The molecular weight excluding hydrogens is 230 g/mol. The summed E-state index contributed by atoms with van der Waals surface area (Å²) in [6.07, 6.45) is 5.02. The average Bonchev–Trinajstić information content (AvgIpc) is 2.59. The Hall–Kier alpha value is -0.400. The molecule has 7 heteroatoms. The van der Waals surface area contributed by atoms with Gasteiger partial charge in [-0.3, -0.25) is 5.14 Å². The van der Waals surface area contributed by atoms with E-state index in [9.17, 15) is 0 Å². The Labute approximate surface area is 98.6 Å². The van der Waals surface area contributed by atoms with Gasteiger partial charge in [-0.15, -0.1) is 5.10 Å². The van der Waals surface area contributed by atoms with Gasteiger partial charge in [0.1, 0.15) is 0 Å². The molecule has 15 heavy (non-hydrogen) atoms. The van der Waals surface area contributed by atoms with E-state index in [4.69, 9.17) is 10.9 Å². The third-order valence-electron chi connectivity index (χ3n) is 1.91. The lowest BCUT2D eigenvalue weighted by molar-refractivity contribution is 0.706. The minimum Gasteiger partial charge on any atom is -0.367 e. The maximum atomic E-state index is 5.58. The topological polar surface area (TPSA) is 82.8 Å². The number of unbranched alkanes of at least 4 members (excludes halogenated alkanes) is 3. The average molecular weight is 247 g/mol. The molecule has 0 spiro atoms. The lowest BCUT2D eigenvalue weighted by atomic mass is 10.2. The number of hydrogen-bond acceptors (Lipinski definition) is 6. The summed E-state index contributed by atoms with van der Waals surface area (Å²) < 4.78 is 1.42. The second-order valence-corrected chi connectivity index (χ2v) is 4.76. The Morgan fingerprint density at radius 3 is 2.73 bits per heavy atom. The first-order chi connectivity index (χ1) is 7.27. The molecule has 0 amide bonds. The summed E-state index contributed by atoms with van der Waals surface area (Å²) in [7, 11) is 0. The van der Waals surface area contributed by atoms with Crippen molar-refractivity contribution in [2.24, 2.45) is 5.14 Å². The standard InChI is InChI=1S/C8H17N5S2/c1-2-3-4-5-6-14-8-11-7(9)13(12-8)15-10/h2-6,10H2,1H3,(H2,9,11,12).